The van der Waals surface area contributed by atoms with E-state index < -0.39 is 6.61 Å². The normalized spacial score (nSPS) is 10.5. The number of halogens is 2. The first-order valence-electron chi connectivity index (χ1n) is 8.28. The van der Waals surface area contributed by atoms with Crippen LogP contribution in [0.15, 0.2) is 66.0 Å². The number of anilines is 1. The van der Waals surface area contributed by atoms with Gasteiger partial charge in [0.1, 0.15) is 5.75 Å². The number of amides is 2. The standard InChI is InChI=1S/C20H16F2N2O3S/c21-20(22)27-16-4-1-3-13(11-16)12-23-18(25)14-6-8-15(9-7-14)24-19(26)17-5-2-10-28-17/h1-11,20H,12H2,(H,23,25)(H,24,26). The highest BCUT2D eigenvalue weighted by Crippen LogP contribution is 2.17. The second-order valence-electron chi connectivity index (χ2n) is 5.72. The summed E-state index contributed by atoms with van der Waals surface area (Å²) in [6, 6.07) is 16.1. The fraction of sp³-hybridized carbons (Fsp3) is 0.100. The monoisotopic (exact) mass is 402 g/mol. The van der Waals surface area contributed by atoms with Crippen LogP contribution in [-0.2, 0) is 6.54 Å². The number of benzene rings is 2. The SMILES string of the molecule is O=C(NCc1cccc(OC(F)F)c1)c1ccc(NC(=O)c2cccs2)cc1. The lowest BCUT2D eigenvalue weighted by atomic mass is 10.1. The van der Waals surface area contributed by atoms with Crippen molar-refractivity contribution in [2.45, 2.75) is 13.2 Å². The van der Waals surface area contributed by atoms with Crippen LogP contribution in [-0.4, -0.2) is 18.4 Å². The van der Waals surface area contributed by atoms with Gasteiger partial charge in [-0.1, -0.05) is 18.2 Å². The van der Waals surface area contributed by atoms with Crippen molar-refractivity contribution in [1.29, 1.82) is 0 Å². The second kappa shape index (κ2) is 9.09. The van der Waals surface area contributed by atoms with Crippen LogP contribution in [0.25, 0.3) is 0 Å². The van der Waals surface area contributed by atoms with E-state index in [9.17, 15) is 18.4 Å². The summed E-state index contributed by atoms with van der Waals surface area (Å²) in [5.41, 5.74) is 1.62. The lowest BCUT2D eigenvalue weighted by Crippen LogP contribution is -2.22. The van der Waals surface area contributed by atoms with Gasteiger partial charge in [0.15, 0.2) is 0 Å². The molecule has 0 fully saturated rings. The summed E-state index contributed by atoms with van der Waals surface area (Å²) in [5.74, 6) is -0.498. The van der Waals surface area contributed by atoms with Crippen LogP contribution in [0.2, 0.25) is 0 Å². The van der Waals surface area contributed by atoms with Crippen LogP contribution >= 0.6 is 11.3 Å². The molecule has 0 aliphatic carbocycles. The van der Waals surface area contributed by atoms with Crippen molar-refractivity contribution in [3.05, 3.63) is 82.0 Å². The molecule has 0 saturated carbocycles. The Kier molecular flexibility index (Phi) is 6.33. The zero-order chi connectivity index (χ0) is 19.9. The van der Waals surface area contributed by atoms with Gasteiger partial charge in [0.05, 0.1) is 4.88 Å². The molecule has 2 amide bonds. The Morgan fingerprint density at radius 3 is 2.46 bits per heavy atom. The van der Waals surface area contributed by atoms with Gasteiger partial charge in [-0.25, -0.2) is 0 Å². The Labute approximate surface area is 164 Å². The molecule has 2 aromatic carbocycles. The molecule has 144 valence electrons. The molecule has 0 aliphatic heterocycles. The van der Waals surface area contributed by atoms with E-state index in [1.165, 1.54) is 23.5 Å². The van der Waals surface area contributed by atoms with E-state index in [4.69, 9.17) is 0 Å². The molecule has 28 heavy (non-hydrogen) atoms. The largest absolute Gasteiger partial charge is 0.435 e. The fourth-order valence-electron chi connectivity index (χ4n) is 2.42. The Morgan fingerprint density at radius 2 is 1.79 bits per heavy atom. The smallest absolute Gasteiger partial charge is 0.387 e. The molecule has 0 atom stereocenters. The second-order valence-corrected chi connectivity index (χ2v) is 6.67. The summed E-state index contributed by atoms with van der Waals surface area (Å²) < 4.78 is 28.9. The van der Waals surface area contributed by atoms with Gasteiger partial charge in [0.2, 0.25) is 0 Å². The lowest BCUT2D eigenvalue weighted by molar-refractivity contribution is -0.0498. The topological polar surface area (TPSA) is 67.4 Å². The lowest BCUT2D eigenvalue weighted by Gasteiger charge is -2.09. The van der Waals surface area contributed by atoms with Gasteiger partial charge in [0.25, 0.3) is 11.8 Å². The van der Waals surface area contributed by atoms with Crippen LogP contribution in [0.3, 0.4) is 0 Å². The molecule has 0 aliphatic rings. The van der Waals surface area contributed by atoms with Gasteiger partial charge in [-0.3, -0.25) is 9.59 Å². The van der Waals surface area contributed by atoms with E-state index in [1.807, 2.05) is 5.38 Å². The van der Waals surface area contributed by atoms with Gasteiger partial charge in [-0.2, -0.15) is 8.78 Å². The van der Waals surface area contributed by atoms with Crippen LogP contribution in [0.4, 0.5) is 14.5 Å². The Balaban J connectivity index is 1.55. The van der Waals surface area contributed by atoms with Gasteiger partial charge < -0.3 is 15.4 Å². The van der Waals surface area contributed by atoms with Crippen molar-refractivity contribution in [3.63, 3.8) is 0 Å². The van der Waals surface area contributed by atoms with E-state index >= 15 is 0 Å². The molecule has 1 aromatic heterocycles. The maximum atomic E-state index is 12.3. The third-order valence-electron chi connectivity index (χ3n) is 3.73. The predicted octanol–water partition coefficient (Wildman–Crippen LogP) is 4.53. The number of thiophene rings is 1. The highest BCUT2D eigenvalue weighted by Gasteiger charge is 2.09. The summed E-state index contributed by atoms with van der Waals surface area (Å²) in [4.78, 5) is 24.9. The van der Waals surface area contributed by atoms with Gasteiger partial charge in [0, 0.05) is 17.8 Å². The summed E-state index contributed by atoms with van der Waals surface area (Å²) in [6.45, 7) is -2.74. The number of ether oxygens (including phenoxy) is 1. The quantitative estimate of drug-likeness (QED) is 0.610. The summed E-state index contributed by atoms with van der Waals surface area (Å²) in [7, 11) is 0. The third kappa shape index (κ3) is 5.37. The molecule has 0 saturated heterocycles. The van der Waals surface area contributed by atoms with E-state index in [-0.39, 0.29) is 24.1 Å². The minimum absolute atomic E-state index is 0.0348. The highest BCUT2D eigenvalue weighted by molar-refractivity contribution is 7.12. The minimum Gasteiger partial charge on any atom is -0.435 e. The Hall–Kier alpha value is -3.26. The van der Waals surface area contributed by atoms with Crippen molar-refractivity contribution in [2.75, 3.05) is 5.32 Å². The number of alkyl halides is 2. The zero-order valence-corrected chi connectivity index (χ0v) is 15.3. The van der Waals surface area contributed by atoms with E-state index in [1.54, 1.807) is 48.5 Å². The Morgan fingerprint density at radius 1 is 1.00 bits per heavy atom. The maximum Gasteiger partial charge on any atom is 0.387 e. The van der Waals surface area contributed by atoms with Crippen LogP contribution < -0.4 is 15.4 Å². The van der Waals surface area contributed by atoms with E-state index in [0.717, 1.165) is 0 Å². The molecule has 5 nitrogen and oxygen atoms in total. The van der Waals surface area contributed by atoms with Crippen molar-refractivity contribution in [1.82, 2.24) is 5.32 Å². The van der Waals surface area contributed by atoms with Crippen molar-refractivity contribution >= 4 is 28.8 Å². The van der Waals surface area contributed by atoms with Crippen molar-refractivity contribution in [2.24, 2.45) is 0 Å². The molecule has 0 spiro atoms. The molecular weight excluding hydrogens is 386 g/mol. The third-order valence-corrected chi connectivity index (χ3v) is 4.60. The van der Waals surface area contributed by atoms with Gasteiger partial charge in [-0.15, -0.1) is 11.3 Å². The fourth-order valence-corrected chi connectivity index (χ4v) is 3.04. The first-order chi connectivity index (χ1) is 13.5. The average Bonchev–Trinajstić information content (AvgIpc) is 3.21. The molecule has 0 radical (unpaired) electrons. The highest BCUT2D eigenvalue weighted by atomic mass is 32.1. The molecular formula is C20H16F2N2O3S. The summed E-state index contributed by atoms with van der Waals surface area (Å²) in [6.07, 6.45) is 0. The van der Waals surface area contributed by atoms with Crippen LogP contribution in [0.5, 0.6) is 5.75 Å². The van der Waals surface area contributed by atoms with Crippen molar-refractivity contribution in [3.8, 4) is 5.75 Å². The molecule has 1 heterocycles. The first-order valence-corrected chi connectivity index (χ1v) is 9.16. The number of carbonyl (C=O) groups is 2. The van der Waals surface area contributed by atoms with Crippen LogP contribution in [0.1, 0.15) is 25.6 Å². The number of hydrogen-bond donors (Lipinski definition) is 2. The maximum absolute atomic E-state index is 12.3. The number of carbonyl (C=O) groups excluding carboxylic acids is 2. The predicted molar refractivity (Wildman–Crippen MR) is 103 cm³/mol. The Bertz CT molecular complexity index is 944. The first kappa shape index (κ1) is 19.5. The zero-order valence-electron chi connectivity index (χ0n) is 14.5. The van der Waals surface area contributed by atoms with E-state index in [2.05, 4.69) is 15.4 Å². The van der Waals surface area contributed by atoms with Gasteiger partial charge >= 0.3 is 6.61 Å². The van der Waals surface area contributed by atoms with Crippen molar-refractivity contribution < 1.29 is 23.1 Å². The van der Waals surface area contributed by atoms with Crippen LogP contribution in [0, 0.1) is 0 Å². The molecule has 8 heteroatoms. The summed E-state index contributed by atoms with van der Waals surface area (Å²) in [5, 5.41) is 7.28. The number of nitrogens with one attached hydrogen (secondary N) is 2. The number of rotatable bonds is 7. The molecule has 3 rings (SSSR count). The molecule has 0 unspecified atom stereocenters. The number of hydrogen-bond acceptors (Lipinski definition) is 4. The minimum atomic E-state index is -2.90. The van der Waals surface area contributed by atoms with E-state index in [0.29, 0.717) is 21.7 Å². The van der Waals surface area contributed by atoms with Gasteiger partial charge in [-0.05, 0) is 53.4 Å². The molecule has 0 bridgehead atoms. The summed E-state index contributed by atoms with van der Waals surface area (Å²) >= 11 is 1.34. The molecule has 2 N–H and O–H groups in total. The molecule has 3 aromatic rings. The average molecular weight is 402 g/mol.